The van der Waals surface area contributed by atoms with Crippen molar-refractivity contribution in [1.29, 1.82) is 0 Å². The summed E-state index contributed by atoms with van der Waals surface area (Å²) in [5.74, 6) is -1.08. The number of rotatable bonds is 6. The Hall–Kier alpha value is -4.40. The van der Waals surface area contributed by atoms with E-state index in [1.54, 1.807) is 55.5 Å². The molecule has 3 aromatic carbocycles. The zero-order chi connectivity index (χ0) is 25.7. The van der Waals surface area contributed by atoms with Crippen molar-refractivity contribution in [1.82, 2.24) is 4.90 Å². The summed E-state index contributed by atoms with van der Waals surface area (Å²) < 4.78 is 30.8. The summed E-state index contributed by atoms with van der Waals surface area (Å²) in [4.78, 5) is 42.4. The molecule has 1 saturated heterocycles. The Balaban J connectivity index is 1.66. The van der Waals surface area contributed by atoms with Crippen molar-refractivity contribution < 1.29 is 33.0 Å². The van der Waals surface area contributed by atoms with E-state index >= 15 is 0 Å². The molecule has 0 aliphatic carbocycles. The molecule has 2 atom stereocenters. The zero-order valence-electron chi connectivity index (χ0n) is 20.1. The summed E-state index contributed by atoms with van der Waals surface area (Å²) in [5, 5.41) is 0. The minimum absolute atomic E-state index is 0.235. The molecule has 0 aromatic heterocycles. The minimum atomic E-state index is -1.15. The lowest BCUT2D eigenvalue weighted by Crippen LogP contribution is -2.67. The summed E-state index contributed by atoms with van der Waals surface area (Å²) in [5.41, 5.74) is 1.71. The number of hydrogen-bond acceptors (Lipinski definition) is 6. The molecule has 1 fully saturated rings. The number of methoxy groups -OCH3 is 3. The fourth-order valence-corrected chi connectivity index (χ4v) is 4.81. The Morgan fingerprint density at radius 3 is 1.83 bits per heavy atom. The van der Waals surface area contributed by atoms with Crippen LogP contribution in [0.25, 0.3) is 0 Å². The molecular formula is C27H23FN2O6. The maximum Gasteiger partial charge on any atom is 0.262 e. The average Bonchev–Trinajstić information content (AvgIpc) is 3.13. The van der Waals surface area contributed by atoms with E-state index in [2.05, 4.69) is 0 Å². The summed E-state index contributed by atoms with van der Waals surface area (Å²) >= 11 is 0. The molecule has 5 rings (SSSR count). The molecule has 184 valence electrons. The molecule has 0 unspecified atom stereocenters. The second kappa shape index (κ2) is 8.67. The molecule has 0 bridgehead atoms. The monoisotopic (exact) mass is 490 g/mol. The van der Waals surface area contributed by atoms with E-state index in [1.165, 1.54) is 32.3 Å². The van der Waals surface area contributed by atoms with Gasteiger partial charge in [-0.05, 0) is 54.4 Å². The van der Waals surface area contributed by atoms with Gasteiger partial charge in [-0.1, -0.05) is 18.2 Å². The van der Waals surface area contributed by atoms with E-state index < -0.39 is 35.6 Å². The van der Waals surface area contributed by atoms with Crippen molar-refractivity contribution in [2.24, 2.45) is 0 Å². The predicted octanol–water partition coefficient (Wildman–Crippen LogP) is 3.91. The second-order valence-electron chi connectivity index (χ2n) is 8.52. The lowest BCUT2D eigenvalue weighted by atomic mass is 9.85. The van der Waals surface area contributed by atoms with Gasteiger partial charge in [-0.15, -0.1) is 0 Å². The van der Waals surface area contributed by atoms with Crippen LogP contribution in [0.3, 0.4) is 0 Å². The van der Waals surface area contributed by atoms with Crippen LogP contribution in [0.2, 0.25) is 0 Å². The van der Waals surface area contributed by atoms with Crippen LogP contribution in [0.1, 0.15) is 37.9 Å². The first-order chi connectivity index (χ1) is 17.3. The number of β-lactam (4-membered cyclic amide) rings is 1. The van der Waals surface area contributed by atoms with E-state index in [4.69, 9.17) is 14.2 Å². The molecule has 36 heavy (non-hydrogen) atoms. The number of carbonyl (C=O) groups is 3. The Morgan fingerprint density at radius 1 is 0.750 bits per heavy atom. The Kier molecular flexibility index (Phi) is 5.62. The van der Waals surface area contributed by atoms with E-state index in [0.29, 0.717) is 34.1 Å². The summed E-state index contributed by atoms with van der Waals surface area (Å²) in [6.07, 6.45) is 0. The van der Waals surface area contributed by atoms with Gasteiger partial charge in [0.2, 0.25) is 5.75 Å². The van der Waals surface area contributed by atoms with Gasteiger partial charge >= 0.3 is 0 Å². The van der Waals surface area contributed by atoms with Crippen LogP contribution in [-0.4, -0.2) is 50.0 Å². The van der Waals surface area contributed by atoms with Crippen molar-refractivity contribution in [3.8, 4) is 17.2 Å². The summed E-state index contributed by atoms with van der Waals surface area (Å²) in [6, 6.07) is 12.2. The number of halogens is 1. The van der Waals surface area contributed by atoms with E-state index in [1.807, 2.05) is 0 Å². The number of nitrogens with zero attached hydrogens (tertiary/aromatic N) is 2. The van der Waals surface area contributed by atoms with Gasteiger partial charge in [0, 0.05) is 5.69 Å². The number of hydrogen-bond donors (Lipinski definition) is 0. The normalized spacial score (nSPS) is 18.8. The first-order valence-corrected chi connectivity index (χ1v) is 11.2. The second-order valence-corrected chi connectivity index (χ2v) is 8.52. The van der Waals surface area contributed by atoms with E-state index in [9.17, 15) is 18.8 Å². The van der Waals surface area contributed by atoms with Crippen LogP contribution in [0.15, 0.2) is 54.6 Å². The van der Waals surface area contributed by atoms with Crippen LogP contribution in [-0.2, 0) is 4.79 Å². The molecule has 2 aliphatic heterocycles. The predicted molar refractivity (Wildman–Crippen MR) is 128 cm³/mol. The number of anilines is 1. The van der Waals surface area contributed by atoms with Gasteiger partial charge in [0.15, 0.2) is 11.5 Å². The third kappa shape index (κ3) is 3.30. The highest BCUT2D eigenvalue weighted by atomic mass is 19.1. The van der Waals surface area contributed by atoms with Gasteiger partial charge < -0.3 is 19.1 Å². The molecule has 0 saturated carbocycles. The van der Waals surface area contributed by atoms with Crippen LogP contribution in [0, 0.1) is 12.7 Å². The third-order valence-corrected chi connectivity index (χ3v) is 6.63. The lowest BCUT2D eigenvalue weighted by Gasteiger charge is -2.49. The summed E-state index contributed by atoms with van der Waals surface area (Å²) in [6.45, 7) is 1.62. The highest BCUT2D eigenvalue weighted by Crippen LogP contribution is 2.48. The van der Waals surface area contributed by atoms with Crippen LogP contribution in [0.5, 0.6) is 17.2 Å². The third-order valence-electron chi connectivity index (χ3n) is 6.63. The first-order valence-electron chi connectivity index (χ1n) is 11.2. The number of carbonyl (C=O) groups excluding carboxylic acids is 3. The quantitative estimate of drug-likeness (QED) is 0.385. The number of imide groups is 1. The van der Waals surface area contributed by atoms with Gasteiger partial charge in [0.1, 0.15) is 11.9 Å². The van der Waals surface area contributed by atoms with Crippen LogP contribution >= 0.6 is 0 Å². The van der Waals surface area contributed by atoms with Gasteiger partial charge in [0.25, 0.3) is 17.7 Å². The number of ether oxygens (including phenoxy) is 3. The van der Waals surface area contributed by atoms with Crippen LogP contribution in [0.4, 0.5) is 10.1 Å². The Morgan fingerprint density at radius 2 is 1.33 bits per heavy atom. The number of benzene rings is 3. The molecule has 0 spiro atoms. The van der Waals surface area contributed by atoms with E-state index in [-0.39, 0.29) is 11.1 Å². The largest absolute Gasteiger partial charge is 0.493 e. The van der Waals surface area contributed by atoms with E-state index in [0.717, 1.165) is 4.90 Å². The maximum atomic E-state index is 14.5. The Labute approximate surface area is 206 Å². The highest BCUT2D eigenvalue weighted by molar-refractivity contribution is 6.24. The smallest absolute Gasteiger partial charge is 0.262 e. The molecular weight excluding hydrogens is 467 g/mol. The minimum Gasteiger partial charge on any atom is -0.493 e. The SMILES string of the molecule is COc1cc([C@@H]2[C@@H](N3C(=O)c4ccccc4C3=O)C(=O)N2c2ccc(C)c(F)c2)cc(OC)c1OC. The zero-order valence-corrected chi connectivity index (χ0v) is 20.1. The van der Waals surface area contributed by atoms with Gasteiger partial charge in [-0.2, -0.15) is 0 Å². The van der Waals surface area contributed by atoms with Crippen LogP contribution < -0.4 is 19.1 Å². The highest BCUT2D eigenvalue weighted by Gasteiger charge is 2.57. The number of amides is 3. The lowest BCUT2D eigenvalue weighted by molar-refractivity contribution is -0.130. The van der Waals surface area contributed by atoms with Gasteiger partial charge in [-0.3, -0.25) is 19.3 Å². The molecule has 0 radical (unpaired) electrons. The molecule has 3 amide bonds. The number of aryl methyl sites for hydroxylation is 1. The first kappa shape index (κ1) is 23.3. The van der Waals surface area contributed by atoms with Crippen molar-refractivity contribution >= 4 is 23.4 Å². The Bertz CT molecular complexity index is 1360. The molecule has 0 N–H and O–H groups in total. The van der Waals surface area contributed by atoms with Crippen molar-refractivity contribution in [2.75, 3.05) is 26.2 Å². The number of fused-ring (bicyclic) bond motifs is 1. The fraction of sp³-hybridized carbons (Fsp3) is 0.222. The summed E-state index contributed by atoms with van der Waals surface area (Å²) in [7, 11) is 4.39. The van der Waals surface area contributed by atoms with Gasteiger partial charge in [-0.25, -0.2) is 4.39 Å². The van der Waals surface area contributed by atoms with Crippen molar-refractivity contribution in [2.45, 2.75) is 19.0 Å². The fourth-order valence-electron chi connectivity index (χ4n) is 4.81. The molecule has 2 heterocycles. The van der Waals surface area contributed by atoms with Gasteiger partial charge in [0.05, 0.1) is 38.5 Å². The molecule has 8 nitrogen and oxygen atoms in total. The standard InChI is InChI=1S/C27H23FN2O6/c1-14-9-10-16(13-19(14)28)29-22(15-11-20(34-2)24(36-4)21(12-15)35-3)23(27(29)33)30-25(31)17-7-5-6-8-18(17)26(30)32/h5-13,22-23H,1-4H3/t22-,23-/m1/s1. The molecule has 3 aromatic rings. The topological polar surface area (TPSA) is 85.4 Å². The maximum absolute atomic E-state index is 14.5. The average molecular weight is 490 g/mol. The molecule has 9 heteroatoms. The molecule has 2 aliphatic rings. The van der Waals surface area contributed by atoms with Crippen molar-refractivity contribution in [3.63, 3.8) is 0 Å². The van der Waals surface area contributed by atoms with Crippen molar-refractivity contribution in [3.05, 3.63) is 82.7 Å².